The van der Waals surface area contributed by atoms with Crippen LogP contribution in [0.1, 0.15) is 37.7 Å². The first kappa shape index (κ1) is 16.2. The van der Waals surface area contributed by atoms with Crippen LogP contribution >= 0.6 is 7.52 Å². The van der Waals surface area contributed by atoms with E-state index in [-0.39, 0.29) is 12.1 Å². The fraction of sp³-hybridized carbons (Fsp3) is 0.533. The largest absolute Gasteiger partial charge is 0.480 e. The van der Waals surface area contributed by atoms with E-state index in [9.17, 15) is 19.4 Å². The van der Waals surface area contributed by atoms with Crippen molar-refractivity contribution in [3.63, 3.8) is 0 Å². The van der Waals surface area contributed by atoms with Gasteiger partial charge in [-0.3, -0.25) is 9.36 Å². The Morgan fingerprint density at radius 3 is 2.43 bits per heavy atom. The predicted molar refractivity (Wildman–Crippen MR) is 81.1 cm³/mol. The summed E-state index contributed by atoms with van der Waals surface area (Å²) >= 11 is 0. The second kappa shape index (κ2) is 7.21. The summed E-state index contributed by atoms with van der Waals surface area (Å²) in [6.07, 6.45) is 4.65. The molecule has 3 N–H and O–H groups in total. The van der Waals surface area contributed by atoms with Crippen molar-refractivity contribution < 1.29 is 19.4 Å². The molecule has 0 spiro atoms. The minimum atomic E-state index is -3.72. The Bertz CT molecular complexity index is 514. The predicted octanol–water partition coefficient (Wildman–Crippen LogP) is 3.00. The molecule has 0 saturated heterocycles. The molecule has 2 unspecified atom stereocenters. The molecule has 1 fully saturated rings. The summed E-state index contributed by atoms with van der Waals surface area (Å²) in [7, 11) is -3.72. The summed E-state index contributed by atoms with van der Waals surface area (Å²) in [5.41, 5.74) is 0.726. The number of carboxylic acids is 1. The molecule has 6 heteroatoms. The summed E-state index contributed by atoms with van der Waals surface area (Å²) in [5, 5.41) is 11.9. The zero-order valence-electron chi connectivity index (χ0n) is 11.9. The highest BCUT2D eigenvalue weighted by molar-refractivity contribution is 7.55. The minimum absolute atomic E-state index is 0.0513. The monoisotopic (exact) mass is 311 g/mol. The van der Waals surface area contributed by atoms with E-state index in [0.29, 0.717) is 0 Å². The highest BCUT2D eigenvalue weighted by atomic mass is 31.2. The summed E-state index contributed by atoms with van der Waals surface area (Å²) in [6.45, 7) is 0. The summed E-state index contributed by atoms with van der Waals surface area (Å²) in [6, 6.07) is 8.02. The molecule has 0 aliphatic heterocycles. The quantitative estimate of drug-likeness (QED) is 0.703. The van der Waals surface area contributed by atoms with E-state index >= 15 is 0 Å². The van der Waals surface area contributed by atoms with Gasteiger partial charge in [-0.1, -0.05) is 49.6 Å². The van der Waals surface area contributed by atoms with Gasteiger partial charge in [-0.05, 0) is 24.3 Å². The fourth-order valence-corrected chi connectivity index (χ4v) is 4.48. The Hall–Kier alpha value is -1.16. The molecular formula is C15H22NO4P. The van der Waals surface area contributed by atoms with E-state index in [1.54, 1.807) is 24.3 Å². The van der Waals surface area contributed by atoms with Gasteiger partial charge in [0, 0.05) is 0 Å². The van der Waals surface area contributed by atoms with Crippen molar-refractivity contribution in [1.82, 2.24) is 5.09 Å². The number of hydrogen-bond acceptors (Lipinski definition) is 2. The van der Waals surface area contributed by atoms with Crippen molar-refractivity contribution in [3.05, 3.63) is 35.9 Å². The Kier molecular flexibility index (Phi) is 5.57. The zero-order chi connectivity index (χ0) is 15.3. The van der Waals surface area contributed by atoms with Crippen LogP contribution in [0.2, 0.25) is 0 Å². The molecule has 1 aromatic rings. The third-order valence-corrected chi connectivity index (χ3v) is 5.44. The number of benzene rings is 1. The van der Waals surface area contributed by atoms with Crippen molar-refractivity contribution in [2.75, 3.05) is 0 Å². The molecule has 0 radical (unpaired) electrons. The highest BCUT2D eigenvalue weighted by Crippen LogP contribution is 2.42. The summed E-state index contributed by atoms with van der Waals surface area (Å²) in [5.74, 6) is -1.10. The fourth-order valence-electron chi connectivity index (χ4n) is 2.92. The van der Waals surface area contributed by atoms with Crippen molar-refractivity contribution in [2.45, 2.75) is 44.3 Å². The molecule has 116 valence electrons. The smallest absolute Gasteiger partial charge is 0.321 e. The van der Waals surface area contributed by atoms with Gasteiger partial charge in [0.25, 0.3) is 7.52 Å². The summed E-state index contributed by atoms with van der Waals surface area (Å²) < 4.78 is 12.3. The topological polar surface area (TPSA) is 86.6 Å². The van der Waals surface area contributed by atoms with Crippen LogP contribution in [0.3, 0.4) is 0 Å². The van der Waals surface area contributed by atoms with Crippen LogP contribution in [0.25, 0.3) is 0 Å². The van der Waals surface area contributed by atoms with Gasteiger partial charge >= 0.3 is 5.97 Å². The van der Waals surface area contributed by atoms with Crippen LogP contribution in [-0.4, -0.2) is 22.0 Å². The lowest BCUT2D eigenvalue weighted by molar-refractivity contribution is -0.140. The molecule has 2 atom stereocenters. The van der Waals surface area contributed by atoms with Crippen molar-refractivity contribution in [3.8, 4) is 0 Å². The third kappa shape index (κ3) is 4.95. The third-order valence-electron chi connectivity index (χ3n) is 3.97. The maximum Gasteiger partial charge on any atom is 0.321 e. The van der Waals surface area contributed by atoms with E-state index < -0.39 is 19.5 Å². The number of aliphatic carboxylic acids is 1. The zero-order valence-corrected chi connectivity index (χ0v) is 12.8. The van der Waals surface area contributed by atoms with Crippen molar-refractivity contribution >= 4 is 13.5 Å². The van der Waals surface area contributed by atoms with E-state index in [2.05, 4.69) is 5.09 Å². The van der Waals surface area contributed by atoms with Gasteiger partial charge in [0.1, 0.15) is 6.04 Å². The maximum absolute atomic E-state index is 12.3. The van der Waals surface area contributed by atoms with E-state index in [4.69, 9.17) is 0 Å². The van der Waals surface area contributed by atoms with E-state index in [1.165, 1.54) is 0 Å². The number of rotatable bonds is 6. The van der Waals surface area contributed by atoms with Gasteiger partial charge in [-0.25, -0.2) is 5.09 Å². The van der Waals surface area contributed by atoms with Gasteiger partial charge < -0.3 is 10.00 Å². The molecule has 0 heterocycles. The lowest BCUT2D eigenvalue weighted by Crippen LogP contribution is -2.42. The normalized spacial score (nSPS) is 20.6. The Balaban J connectivity index is 2.04. The van der Waals surface area contributed by atoms with Crippen LogP contribution in [0.15, 0.2) is 30.3 Å². The van der Waals surface area contributed by atoms with Gasteiger partial charge in [0.05, 0.1) is 6.16 Å². The highest BCUT2D eigenvalue weighted by Gasteiger charge is 2.34. The molecule has 5 nitrogen and oxygen atoms in total. The molecule has 0 bridgehead atoms. The molecule has 1 saturated carbocycles. The standard InChI is InChI=1S/C15H22NO4P/c17-15(18)14(13-9-5-2-6-10-13)16-21(19,20)11-12-7-3-1-4-8-12/h1,3-4,7-8,13-14H,2,5-6,9-11H2,(H,17,18)(H2,16,19,20). The Morgan fingerprint density at radius 1 is 1.24 bits per heavy atom. The van der Waals surface area contributed by atoms with Crippen LogP contribution < -0.4 is 5.09 Å². The average molecular weight is 311 g/mol. The SMILES string of the molecule is O=C(O)C(NP(=O)(O)Cc1ccccc1)C1CCCCC1. The van der Waals surface area contributed by atoms with Crippen LogP contribution in [0, 0.1) is 5.92 Å². The van der Waals surface area contributed by atoms with Gasteiger partial charge in [0.2, 0.25) is 0 Å². The Morgan fingerprint density at radius 2 is 1.86 bits per heavy atom. The first-order valence-corrected chi connectivity index (χ1v) is 9.19. The molecule has 1 aliphatic carbocycles. The Labute approximate surface area is 124 Å². The van der Waals surface area contributed by atoms with E-state index in [1.807, 2.05) is 6.07 Å². The van der Waals surface area contributed by atoms with Crippen LogP contribution in [0.4, 0.5) is 0 Å². The van der Waals surface area contributed by atoms with Gasteiger partial charge in [-0.15, -0.1) is 0 Å². The number of nitrogens with one attached hydrogen (secondary N) is 1. The number of hydrogen-bond donors (Lipinski definition) is 3. The molecular weight excluding hydrogens is 289 g/mol. The first-order valence-electron chi connectivity index (χ1n) is 7.34. The number of carbonyl (C=O) groups is 1. The molecule has 2 rings (SSSR count). The molecule has 1 aliphatic rings. The lowest BCUT2D eigenvalue weighted by atomic mass is 9.84. The maximum atomic E-state index is 12.3. The minimum Gasteiger partial charge on any atom is -0.480 e. The molecule has 1 aromatic carbocycles. The molecule has 0 amide bonds. The average Bonchev–Trinajstić information content (AvgIpc) is 2.46. The van der Waals surface area contributed by atoms with Crippen LogP contribution in [-0.2, 0) is 15.5 Å². The lowest BCUT2D eigenvalue weighted by Gasteiger charge is -2.29. The first-order chi connectivity index (χ1) is 9.98. The van der Waals surface area contributed by atoms with Crippen LogP contribution in [0.5, 0.6) is 0 Å². The van der Waals surface area contributed by atoms with Gasteiger partial charge in [0.15, 0.2) is 0 Å². The summed E-state index contributed by atoms with van der Waals surface area (Å²) in [4.78, 5) is 21.5. The second-order valence-electron chi connectivity index (χ2n) is 5.69. The van der Waals surface area contributed by atoms with Crippen molar-refractivity contribution in [1.29, 1.82) is 0 Å². The van der Waals surface area contributed by atoms with Gasteiger partial charge in [-0.2, -0.15) is 0 Å². The van der Waals surface area contributed by atoms with Crippen molar-refractivity contribution in [2.24, 2.45) is 5.92 Å². The molecule has 21 heavy (non-hydrogen) atoms. The second-order valence-corrected chi connectivity index (χ2v) is 7.67. The number of carboxylic acid groups (broad SMARTS) is 1. The van der Waals surface area contributed by atoms with E-state index in [0.717, 1.165) is 37.7 Å². The molecule has 0 aromatic heterocycles.